The highest BCUT2D eigenvalue weighted by atomic mass is 16.5. The van der Waals surface area contributed by atoms with Crippen LogP contribution in [0.15, 0.2) is 78.9 Å². The molecule has 3 aromatic carbocycles. The molecule has 32 heavy (non-hydrogen) atoms. The summed E-state index contributed by atoms with van der Waals surface area (Å²) < 4.78 is 5.96. The van der Waals surface area contributed by atoms with Gasteiger partial charge < -0.3 is 15.0 Å². The maximum absolute atomic E-state index is 13.0. The molecule has 1 aliphatic rings. The number of anilines is 1. The van der Waals surface area contributed by atoms with E-state index in [2.05, 4.69) is 41.4 Å². The largest absolute Gasteiger partial charge is 0.488 e. The number of nitrogens with one attached hydrogen (secondary N) is 1. The first-order chi connectivity index (χ1) is 15.6. The molecule has 0 saturated carbocycles. The number of amides is 1. The summed E-state index contributed by atoms with van der Waals surface area (Å²) in [5, 5.41) is 3.12. The van der Waals surface area contributed by atoms with E-state index in [1.54, 1.807) is 0 Å². The number of nitrogens with zero attached hydrogens (tertiary/aromatic N) is 1. The highest BCUT2D eigenvalue weighted by Gasteiger charge is 2.18. The summed E-state index contributed by atoms with van der Waals surface area (Å²) in [6, 6.07) is 25.9. The number of rotatable bonds is 7. The zero-order valence-corrected chi connectivity index (χ0v) is 19.0. The van der Waals surface area contributed by atoms with Crippen molar-refractivity contribution in [1.29, 1.82) is 0 Å². The Morgan fingerprint density at radius 2 is 1.75 bits per heavy atom. The van der Waals surface area contributed by atoms with Gasteiger partial charge in [-0.15, -0.1) is 0 Å². The van der Waals surface area contributed by atoms with Gasteiger partial charge in [-0.2, -0.15) is 0 Å². The van der Waals surface area contributed by atoms with E-state index in [1.807, 2.05) is 61.5 Å². The fourth-order valence-corrected chi connectivity index (χ4v) is 4.27. The van der Waals surface area contributed by atoms with Gasteiger partial charge in [0, 0.05) is 18.8 Å². The van der Waals surface area contributed by atoms with Crippen molar-refractivity contribution in [2.45, 2.75) is 39.3 Å². The Morgan fingerprint density at radius 3 is 2.50 bits per heavy atom. The van der Waals surface area contributed by atoms with Crippen molar-refractivity contribution in [1.82, 2.24) is 5.32 Å². The topological polar surface area (TPSA) is 41.6 Å². The lowest BCUT2D eigenvalue weighted by Crippen LogP contribution is -2.34. The van der Waals surface area contributed by atoms with Crippen molar-refractivity contribution in [2.24, 2.45) is 5.92 Å². The SMILES string of the molecule is C[C@H]1CCCN(c2ccc([C@H](C)NC(=O)c3ccccc3OCc3ccccc3)cc2)C1. The summed E-state index contributed by atoms with van der Waals surface area (Å²) in [7, 11) is 0. The fraction of sp³-hybridized carbons (Fsp3) is 0.321. The van der Waals surface area contributed by atoms with E-state index in [9.17, 15) is 4.79 Å². The summed E-state index contributed by atoms with van der Waals surface area (Å²) in [6.07, 6.45) is 2.56. The molecule has 2 atom stereocenters. The van der Waals surface area contributed by atoms with Crippen LogP contribution in [0.25, 0.3) is 0 Å². The van der Waals surface area contributed by atoms with Gasteiger partial charge in [0.15, 0.2) is 0 Å². The molecule has 0 bridgehead atoms. The molecule has 0 aliphatic carbocycles. The molecule has 0 unspecified atom stereocenters. The van der Waals surface area contributed by atoms with E-state index in [0.717, 1.165) is 30.1 Å². The van der Waals surface area contributed by atoms with Crippen LogP contribution in [0.4, 0.5) is 5.69 Å². The number of piperidine rings is 1. The third-order valence-electron chi connectivity index (χ3n) is 6.13. The molecule has 4 rings (SSSR count). The molecule has 1 saturated heterocycles. The monoisotopic (exact) mass is 428 g/mol. The average Bonchev–Trinajstić information content (AvgIpc) is 2.83. The highest BCUT2D eigenvalue weighted by Crippen LogP contribution is 2.25. The Balaban J connectivity index is 1.39. The van der Waals surface area contributed by atoms with Crippen LogP contribution in [0, 0.1) is 5.92 Å². The van der Waals surface area contributed by atoms with Gasteiger partial charge in [0.2, 0.25) is 0 Å². The van der Waals surface area contributed by atoms with Crippen LogP contribution in [0.3, 0.4) is 0 Å². The van der Waals surface area contributed by atoms with E-state index in [4.69, 9.17) is 4.74 Å². The lowest BCUT2D eigenvalue weighted by molar-refractivity contribution is 0.0935. The molecule has 0 radical (unpaired) electrons. The minimum Gasteiger partial charge on any atom is -0.488 e. The van der Waals surface area contributed by atoms with Crippen molar-refractivity contribution in [3.8, 4) is 5.75 Å². The Kier molecular flexibility index (Phi) is 7.10. The number of benzene rings is 3. The molecule has 1 fully saturated rings. The second-order valence-electron chi connectivity index (χ2n) is 8.75. The molecule has 0 aromatic heterocycles. The molecular formula is C28H32N2O2. The molecular weight excluding hydrogens is 396 g/mol. The van der Waals surface area contributed by atoms with E-state index in [-0.39, 0.29) is 11.9 Å². The zero-order valence-electron chi connectivity index (χ0n) is 19.0. The lowest BCUT2D eigenvalue weighted by Gasteiger charge is -2.33. The quantitative estimate of drug-likeness (QED) is 0.502. The van der Waals surface area contributed by atoms with Crippen molar-refractivity contribution in [3.63, 3.8) is 0 Å². The van der Waals surface area contributed by atoms with Crippen molar-refractivity contribution in [3.05, 3.63) is 95.6 Å². The van der Waals surface area contributed by atoms with Crippen LogP contribution in [-0.2, 0) is 6.61 Å². The zero-order chi connectivity index (χ0) is 22.3. The van der Waals surface area contributed by atoms with Crippen LogP contribution < -0.4 is 15.0 Å². The molecule has 0 spiro atoms. The minimum absolute atomic E-state index is 0.0981. The highest BCUT2D eigenvalue weighted by molar-refractivity contribution is 5.97. The normalized spacial score (nSPS) is 16.9. The molecule has 166 valence electrons. The number of carbonyl (C=O) groups is 1. The van der Waals surface area contributed by atoms with Crippen molar-refractivity contribution >= 4 is 11.6 Å². The standard InChI is InChI=1S/C28H32N2O2/c1-21-9-8-18-30(19-21)25-16-14-24(15-17-25)22(2)29-28(31)26-12-6-7-13-27(26)32-20-23-10-4-3-5-11-23/h3-7,10-17,21-22H,8-9,18-20H2,1-2H3,(H,29,31)/t21-,22-/m0/s1. The predicted molar refractivity (Wildman–Crippen MR) is 130 cm³/mol. The summed E-state index contributed by atoms with van der Waals surface area (Å²) in [5.74, 6) is 1.21. The van der Waals surface area contributed by atoms with Gasteiger partial charge in [-0.3, -0.25) is 4.79 Å². The molecule has 4 nitrogen and oxygen atoms in total. The van der Waals surface area contributed by atoms with E-state index in [0.29, 0.717) is 17.9 Å². The van der Waals surface area contributed by atoms with E-state index >= 15 is 0 Å². The smallest absolute Gasteiger partial charge is 0.255 e. The second-order valence-corrected chi connectivity index (χ2v) is 8.75. The maximum Gasteiger partial charge on any atom is 0.255 e. The number of hydrogen-bond acceptors (Lipinski definition) is 3. The van der Waals surface area contributed by atoms with Gasteiger partial charge in [-0.1, -0.05) is 61.5 Å². The second kappa shape index (κ2) is 10.4. The third kappa shape index (κ3) is 5.50. The van der Waals surface area contributed by atoms with E-state index < -0.39 is 0 Å². The summed E-state index contributed by atoms with van der Waals surface area (Å²) in [5.41, 5.74) is 3.97. The molecule has 3 aromatic rings. The van der Waals surface area contributed by atoms with Crippen LogP contribution in [0.2, 0.25) is 0 Å². The summed E-state index contributed by atoms with van der Waals surface area (Å²) >= 11 is 0. The van der Waals surface area contributed by atoms with Gasteiger partial charge in [0.05, 0.1) is 11.6 Å². The Labute approximate surface area is 191 Å². The predicted octanol–water partition coefficient (Wildman–Crippen LogP) is 5.99. The Hall–Kier alpha value is -3.27. The first-order valence-electron chi connectivity index (χ1n) is 11.5. The van der Waals surface area contributed by atoms with Crippen molar-refractivity contribution in [2.75, 3.05) is 18.0 Å². The molecule has 4 heteroatoms. The molecule has 1 aliphatic heterocycles. The lowest BCUT2D eigenvalue weighted by atomic mass is 9.99. The van der Waals surface area contributed by atoms with Crippen LogP contribution in [-0.4, -0.2) is 19.0 Å². The summed E-state index contributed by atoms with van der Waals surface area (Å²) in [4.78, 5) is 15.5. The number of hydrogen-bond donors (Lipinski definition) is 1. The maximum atomic E-state index is 13.0. The van der Waals surface area contributed by atoms with Gasteiger partial charge in [-0.05, 0) is 61.1 Å². The van der Waals surface area contributed by atoms with Crippen LogP contribution in [0.1, 0.15) is 54.2 Å². The minimum atomic E-state index is -0.130. The van der Waals surface area contributed by atoms with Gasteiger partial charge in [0.1, 0.15) is 12.4 Å². The number of ether oxygens (including phenoxy) is 1. The summed E-state index contributed by atoms with van der Waals surface area (Å²) in [6.45, 7) is 7.00. The average molecular weight is 429 g/mol. The molecule has 1 amide bonds. The fourth-order valence-electron chi connectivity index (χ4n) is 4.27. The number of para-hydroxylation sites is 1. The number of carbonyl (C=O) groups excluding carboxylic acids is 1. The van der Waals surface area contributed by atoms with E-state index in [1.165, 1.54) is 18.5 Å². The Bertz CT molecular complexity index is 1020. The van der Waals surface area contributed by atoms with Crippen LogP contribution >= 0.6 is 0 Å². The third-order valence-corrected chi connectivity index (χ3v) is 6.13. The Morgan fingerprint density at radius 1 is 1.03 bits per heavy atom. The first-order valence-corrected chi connectivity index (χ1v) is 11.5. The molecule has 1 heterocycles. The van der Waals surface area contributed by atoms with Gasteiger partial charge in [0.25, 0.3) is 5.91 Å². The first kappa shape index (κ1) is 21.9. The van der Waals surface area contributed by atoms with Gasteiger partial charge >= 0.3 is 0 Å². The van der Waals surface area contributed by atoms with Crippen molar-refractivity contribution < 1.29 is 9.53 Å². The van der Waals surface area contributed by atoms with Crippen LogP contribution in [0.5, 0.6) is 5.75 Å². The molecule has 1 N–H and O–H groups in total. The van der Waals surface area contributed by atoms with Gasteiger partial charge in [-0.25, -0.2) is 0 Å².